The van der Waals surface area contributed by atoms with E-state index in [9.17, 15) is 68.7 Å². The number of aromatic hydroxyl groups is 6. The van der Waals surface area contributed by atoms with Crippen LogP contribution in [0.15, 0.2) is 146 Å². The SMILES string of the molecule is C.C.C.CC(C)(C)OC(=O)N1COC(=O)[C@@H]1c1ccc(O)cc1.CC[SiH](CC)CC.CN(C(=O)OC(C)(C)C)[C@H](C(=O)O)c1ccc(O)cc1.CN(C(=O)OC(C)(C)C)[C@H](C(=O)O)c1ccc(O)cc1.CN[C@H](C(=O)O)c1ccc(O)cc1.N[C@H](C(=O)O)c1ccc(O)cc1.N[C@H](C(=O)O)c1ccc(O)cc1. The van der Waals surface area contributed by atoms with Gasteiger partial charge in [-0.3, -0.25) is 29.1 Å². The summed E-state index contributed by atoms with van der Waals surface area (Å²) in [5.74, 6) is -5.51. The third kappa shape index (κ3) is 36.9. The average molecular weight is 1520 g/mol. The van der Waals surface area contributed by atoms with Crippen molar-refractivity contribution in [3.8, 4) is 34.5 Å². The van der Waals surface area contributed by atoms with Crippen LogP contribution in [-0.4, -0.2) is 178 Å². The number of likely N-dealkylation sites (N-methyl/N-ethyl adjacent to an activating group) is 3. The molecule has 30 nitrogen and oxygen atoms in total. The van der Waals surface area contributed by atoms with Gasteiger partial charge in [0.1, 0.15) is 69.4 Å². The van der Waals surface area contributed by atoms with E-state index in [1.807, 2.05) is 0 Å². The Morgan fingerprint density at radius 1 is 0.458 bits per heavy atom. The van der Waals surface area contributed by atoms with Crippen molar-refractivity contribution in [2.24, 2.45) is 11.5 Å². The molecular weight excluding hydrogens is 1410 g/mol. The van der Waals surface area contributed by atoms with Crippen molar-refractivity contribution in [3.05, 3.63) is 179 Å². The first-order valence-electron chi connectivity index (χ1n) is 32.4. The number of aliphatic carboxylic acids is 5. The molecule has 0 saturated carbocycles. The van der Waals surface area contributed by atoms with Crippen molar-refractivity contribution >= 4 is 62.9 Å². The first-order chi connectivity index (χ1) is 48.2. The van der Waals surface area contributed by atoms with Gasteiger partial charge in [-0.2, -0.15) is 0 Å². The van der Waals surface area contributed by atoms with Crippen molar-refractivity contribution in [1.82, 2.24) is 20.0 Å². The third-order valence-corrected chi connectivity index (χ3v) is 17.7. The molecule has 594 valence electrons. The van der Waals surface area contributed by atoms with Gasteiger partial charge in [0.05, 0.1) is 0 Å². The van der Waals surface area contributed by atoms with Crippen LogP contribution in [-0.2, 0) is 47.7 Å². The summed E-state index contributed by atoms with van der Waals surface area (Å²) in [5, 5.41) is 102. The summed E-state index contributed by atoms with van der Waals surface area (Å²) in [4.78, 5) is 105. The summed E-state index contributed by atoms with van der Waals surface area (Å²) in [6, 6.07) is 33.5. The van der Waals surface area contributed by atoms with E-state index in [-0.39, 0.29) is 72.3 Å². The largest absolute Gasteiger partial charge is 0.508 e. The number of carbonyl (C=O) groups is 9. The molecule has 1 aliphatic heterocycles. The molecule has 1 saturated heterocycles. The molecule has 107 heavy (non-hydrogen) atoms. The van der Waals surface area contributed by atoms with Crippen LogP contribution in [0.4, 0.5) is 14.4 Å². The molecular formula is C76H112N6O24Si. The van der Waals surface area contributed by atoms with Crippen molar-refractivity contribution in [2.75, 3.05) is 27.9 Å². The lowest BCUT2D eigenvalue weighted by Gasteiger charge is -2.28. The minimum atomic E-state index is -1.18. The zero-order valence-electron chi connectivity index (χ0n) is 60.9. The second-order valence-corrected chi connectivity index (χ2v) is 30.1. The molecule has 6 aromatic carbocycles. The number of carbonyl (C=O) groups excluding carboxylic acids is 4. The van der Waals surface area contributed by atoms with Crippen LogP contribution >= 0.6 is 0 Å². The van der Waals surface area contributed by atoms with E-state index in [1.54, 1.807) is 93.6 Å². The van der Waals surface area contributed by atoms with Gasteiger partial charge in [-0.15, -0.1) is 0 Å². The molecule has 0 radical (unpaired) electrons. The number of nitrogens with two attached hydrogens (primary N) is 2. The Morgan fingerprint density at radius 3 is 0.944 bits per heavy atom. The van der Waals surface area contributed by atoms with E-state index in [0.29, 0.717) is 33.4 Å². The van der Waals surface area contributed by atoms with Crippen LogP contribution in [0, 0.1) is 0 Å². The number of cyclic esters (lactones) is 1. The molecule has 6 aromatic rings. The highest BCUT2D eigenvalue weighted by Gasteiger charge is 2.41. The number of phenolic OH excluding ortho intramolecular Hbond substituents is 6. The molecule has 7 rings (SSSR count). The van der Waals surface area contributed by atoms with Gasteiger partial charge in [-0.05, 0) is 176 Å². The number of esters is 1. The molecule has 0 unspecified atom stereocenters. The number of nitrogens with zero attached hydrogens (tertiary/aromatic N) is 3. The van der Waals surface area contributed by atoms with Crippen molar-refractivity contribution in [1.29, 1.82) is 0 Å². The van der Waals surface area contributed by atoms with Crippen molar-refractivity contribution in [3.63, 3.8) is 0 Å². The lowest BCUT2D eigenvalue weighted by Crippen LogP contribution is -2.39. The molecule has 31 heteroatoms. The average Bonchev–Trinajstić information content (AvgIpc) is 1.68. The van der Waals surface area contributed by atoms with E-state index in [2.05, 4.69) is 26.1 Å². The molecule has 0 aromatic heterocycles. The standard InChI is InChI=1S/C14H17NO5.2C14H19NO5.C9H11NO3.2C8H9NO3.C6H16Si.3CH4/c1-14(2,3)20-13(18)15-8-19-12(17)11(15)9-4-6-10(16)7-5-9;2*1-14(2,3)20-13(19)15(4)11(12(17)18)9-5-7-10(16)8-6-9;1-10-8(9(12)13)6-2-4-7(11)5-3-6;2*9-7(8(11)12)5-1-3-6(10)4-2-5;1-4-7(5-2)6-3;;;/h4-7,11,16H,8H2,1-3H3;2*5-8,11,16H,1-4H3,(H,17,18);2-5,8,10-11H,1H3,(H,12,13);2*1-4,7,10H,9H2,(H,11,12);7H,4-6H2,1-3H3;3*1H4/t3*11-;8-;2*7-;;;;/m000000..../s1. The van der Waals surface area contributed by atoms with E-state index in [4.69, 9.17) is 61.1 Å². The number of carboxylic acid groups (broad SMARTS) is 5. The second-order valence-electron chi connectivity index (χ2n) is 25.9. The van der Waals surface area contributed by atoms with Crippen LogP contribution in [0.25, 0.3) is 0 Å². The number of hydrogen-bond acceptors (Lipinski definition) is 22. The zero-order valence-corrected chi connectivity index (χ0v) is 62.1. The van der Waals surface area contributed by atoms with E-state index < -0.39 is 107 Å². The van der Waals surface area contributed by atoms with Crippen LogP contribution in [0.2, 0.25) is 18.1 Å². The maximum absolute atomic E-state index is 12.1. The minimum Gasteiger partial charge on any atom is -0.508 e. The minimum absolute atomic E-state index is 0. The van der Waals surface area contributed by atoms with Gasteiger partial charge in [0.2, 0.25) is 0 Å². The lowest BCUT2D eigenvalue weighted by atomic mass is 10.1. The van der Waals surface area contributed by atoms with E-state index >= 15 is 0 Å². The van der Waals surface area contributed by atoms with Gasteiger partial charge in [0, 0.05) is 22.9 Å². The Balaban J connectivity index is -0.00000120. The van der Waals surface area contributed by atoms with E-state index in [0.717, 1.165) is 9.80 Å². The fraction of sp³-hybridized carbons (Fsp3) is 0.408. The third-order valence-electron chi connectivity index (χ3n) is 14.3. The Labute approximate surface area is 627 Å². The molecule has 3 amide bonds. The molecule has 0 bridgehead atoms. The van der Waals surface area contributed by atoms with Gasteiger partial charge in [-0.25, -0.2) is 28.8 Å². The highest BCUT2D eigenvalue weighted by atomic mass is 28.3. The molecule has 1 heterocycles. The van der Waals surface area contributed by atoms with Crippen LogP contribution in [0.1, 0.15) is 175 Å². The fourth-order valence-electron chi connectivity index (χ4n) is 8.73. The molecule has 6 atom stereocenters. The smallest absolute Gasteiger partial charge is 0.414 e. The Morgan fingerprint density at radius 2 is 0.720 bits per heavy atom. The number of phenols is 6. The number of benzene rings is 6. The maximum Gasteiger partial charge on any atom is 0.414 e. The van der Waals surface area contributed by atoms with Crippen LogP contribution < -0.4 is 16.8 Å². The first-order valence-corrected chi connectivity index (χ1v) is 34.8. The first kappa shape index (κ1) is 100. The zero-order chi connectivity index (χ0) is 79.7. The summed E-state index contributed by atoms with van der Waals surface area (Å²) < 4.78 is 20.5. The van der Waals surface area contributed by atoms with Crippen LogP contribution in [0.3, 0.4) is 0 Å². The van der Waals surface area contributed by atoms with Gasteiger partial charge in [-0.1, -0.05) is 134 Å². The quantitative estimate of drug-likeness (QED) is 0.0229. The number of rotatable bonds is 17. The van der Waals surface area contributed by atoms with Gasteiger partial charge in [0.25, 0.3) is 0 Å². The maximum atomic E-state index is 12.1. The predicted octanol–water partition coefficient (Wildman–Crippen LogP) is 12.8. The number of hydrogen-bond donors (Lipinski definition) is 14. The molecule has 16 N–H and O–H groups in total. The molecule has 0 spiro atoms. The van der Waals surface area contributed by atoms with Crippen LogP contribution in [0.5, 0.6) is 34.5 Å². The molecule has 1 aliphatic rings. The summed E-state index contributed by atoms with van der Waals surface area (Å²) >= 11 is 0. The van der Waals surface area contributed by atoms with E-state index in [1.165, 1.54) is 158 Å². The second kappa shape index (κ2) is 47.3. The number of nitrogens with one attached hydrogen (secondary N) is 1. The lowest BCUT2D eigenvalue weighted by molar-refractivity contribution is -0.143. The topological polar surface area (TPSA) is 487 Å². The normalized spacial score (nSPS) is 13.2. The Kier molecular flexibility index (Phi) is 44.2. The highest BCUT2D eigenvalue weighted by molar-refractivity contribution is 6.58. The predicted molar refractivity (Wildman–Crippen MR) is 407 cm³/mol. The van der Waals surface area contributed by atoms with Gasteiger partial charge >= 0.3 is 54.1 Å². The fourth-order valence-corrected chi connectivity index (χ4v) is 10.5. The highest BCUT2D eigenvalue weighted by Crippen LogP contribution is 2.31. The molecule has 1 fully saturated rings. The summed E-state index contributed by atoms with van der Waals surface area (Å²) in [6.45, 7) is 22.3. The number of ether oxygens (including phenoxy) is 4. The summed E-state index contributed by atoms with van der Waals surface area (Å²) in [7, 11) is 4.13. The Bertz CT molecular complexity index is 3460. The monoisotopic (exact) mass is 1520 g/mol. The summed E-state index contributed by atoms with van der Waals surface area (Å²) in [5.41, 5.74) is 11.4. The summed E-state index contributed by atoms with van der Waals surface area (Å²) in [6.07, 6.45) is -2.06. The number of amides is 3. The van der Waals surface area contributed by atoms with Gasteiger partial charge in [0.15, 0.2) is 24.9 Å². The number of carboxylic acids is 5. The van der Waals surface area contributed by atoms with Gasteiger partial charge < -0.3 is 91.9 Å². The molecule has 0 aliphatic carbocycles. The van der Waals surface area contributed by atoms with Crippen molar-refractivity contribution in [2.45, 2.75) is 177 Å². The Hall–Kier alpha value is -11.2. The van der Waals surface area contributed by atoms with Crippen molar-refractivity contribution < 1.29 is 118 Å².